The zero-order valence-electron chi connectivity index (χ0n) is 7.10. The lowest BCUT2D eigenvalue weighted by Gasteiger charge is -2.01. The van der Waals surface area contributed by atoms with Crippen molar-refractivity contribution in [3.8, 4) is 0 Å². The lowest BCUT2D eigenvalue weighted by Crippen LogP contribution is -2.09. The molecule has 14 heavy (non-hydrogen) atoms. The predicted molar refractivity (Wildman–Crippen MR) is 38.2 cm³/mol. The number of halogens is 4. The van der Waals surface area contributed by atoms with E-state index in [1.54, 1.807) is 0 Å². The molecule has 3 nitrogen and oxygen atoms in total. The normalized spacial score (nSPS) is 11.8. The standard InChI is InChI=1S/C7H6F4N2O/c1-2-13-6(8)4(3-14)5(12-13)7(9,10)11/h3H,2H2,1H3. The third kappa shape index (κ3) is 1.61. The van der Waals surface area contributed by atoms with Crippen molar-refractivity contribution in [3.63, 3.8) is 0 Å². The topological polar surface area (TPSA) is 34.9 Å². The van der Waals surface area contributed by atoms with E-state index in [0.717, 1.165) is 0 Å². The molecule has 1 rings (SSSR count). The van der Waals surface area contributed by atoms with Crippen molar-refractivity contribution >= 4 is 6.29 Å². The Labute approximate surface area is 76.3 Å². The molecule has 1 aromatic rings. The monoisotopic (exact) mass is 210 g/mol. The van der Waals surface area contributed by atoms with Crippen LogP contribution >= 0.6 is 0 Å². The van der Waals surface area contributed by atoms with Gasteiger partial charge in [0.1, 0.15) is 5.56 Å². The van der Waals surface area contributed by atoms with Gasteiger partial charge in [-0.3, -0.25) is 4.79 Å². The van der Waals surface area contributed by atoms with Gasteiger partial charge in [0.05, 0.1) is 0 Å². The molecule has 78 valence electrons. The van der Waals surface area contributed by atoms with Crippen LogP contribution in [0.4, 0.5) is 17.6 Å². The summed E-state index contributed by atoms with van der Waals surface area (Å²) in [4.78, 5) is 10.2. The zero-order valence-corrected chi connectivity index (χ0v) is 7.10. The lowest BCUT2D eigenvalue weighted by molar-refractivity contribution is -0.141. The first-order valence-electron chi connectivity index (χ1n) is 3.70. The van der Waals surface area contributed by atoms with Gasteiger partial charge in [0.2, 0.25) is 5.95 Å². The number of aromatic nitrogens is 2. The Hall–Kier alpha value is -1.40. The highest BCUT2D eigenvalue weighted by Gasteiger charge is 2.39. The summed E-state index contributed by atoms with van der Waals surface area (Å²) in [6, 6.07) is 0. The van der Waals surface area contributed by atoms with Gasteiger partial charge in [-0.05, 0) is 6.92 Å². The van der Waals surface area contributed by atoms with Gasteiger partial charge < -0.3 is 0 Å². The Bertz CT molecular complexity index is 355. The van der Waals surface area contributed by atoms with Gasteiger partial charge in [0.25, 0.3) is 0 Å². The van der Waals surface area contributed by atoms with Crippen molar-refractivity contribution in [1.29, 1.82) is 0 Å². The van der Waals surface area contributed by atoms with E-state index >= 15 is 0 Å². The summed E-state index contributed by atoms with van der Waals surface area (Å²) in [6.07, 6.45) is -4.99. The van der Waals surface area contributed by atoms with Gasteiger partial charge in [0.15, 0.2) is 12.0 Å². The number of hydrogen-bond donors (Lipinski definition) is 0. The van der Waals surface area contributed by atoms with E-state index in [1.807, 2.05) is 0 Å². The second kappa shape index (κ2) is 3.39. The number of rotatable bonds is 2. The van der Waals surface area contributed by atoms with Gasteiger partial charge in [-0.15, -0.1) is 0 Å². The van der Waals surface area contributed by atoms with Crippen LogP contribution in [-0.2, 0) is 12.7 Å². The fourth-order valence-corrected chi connectivity index (χ4v) is 0.979. The van der Waals surface area contributed by atoms with Crippen LogP contribution in [0, 0.1) is 5.95 Å². The summed E-state index contributed by atoms with van der Waals surface area (Å²) >= 11 is 0. The van der Waals surface area contributed by atoms with E-state index in [4.69, 9.17) is 0 Å². The third-order valence-electron chi connectivity index (χ3n) is 1.61. The molecule has 0 saturated carbocycles. The smallest absolute Gasteiger partial charge is 0.298 e. The molecule has 0 bridgehead atoms. The van der Waals surface area contributed by atoms with E-state index in [0.29, 0.717) is 4.68 Å². The minimum absolute atomic E-state index is 0.0667. The molecule has 1 aromatic heterocycles. The lowest BCUT2D eigenvalue weighted by atomic mass is 10.2. The van der Waals surface area contributed by atoms with Crippen LogP contribution in [0.15, 0.2) is 0 Å². The van der Waals surface area contributed by atoms with Crippen LogP contribution < -0.4 is 0 Å². The van der Waals surface area contributed by atoms with Crippen LogP contribution in [0.25, 0.3) is 0 Å². The highest BCUT2D eigenvalue weighted by molar-refractivity contribution is 5.76. The number of carbonyl (C=O) groups excluding carboxylic acids is 1. The maximum atomic E-state index is 13.0. The molecule has 0 N–H and O–H groups in total. The van der Waals surface area contributed by atoms with Crippen molar-refractivity contribution in [1.82, 2.24) is 9.78 Å². The minimum Gasteiger partial charge on any atom is -0.298 e. The number of carbonyl (C=O) groups is 1. The molecule has 7 heteroatoms. The SMILES string of the molecule is CCn1nc(C(F)(F)F)c(C=O)c1F. The average Bonchev–Trinajstić information content (AvgIpc) is 2.41. The van der Waals surface area contributed by atoms with Crippen LogP contribution in [0.3, 0.4) is 0 Å². The highest BCUT2D eigenvalue weighted by atomic mass is 19.4. The Morgan fingerprint density at radius 2 is 2.07 bits per heavy atom. The van der Waals surface area contributed by atoms with Crippen molar-refractivity contribution in [2.75, 3.05) is 0 Å². The molecule has 0 aliphatic heterocycles. The fraction of sp³-hybridized carbons (Fsp3) is 0.429. The Balaban J connectivity index is 3.37. The quantitative estimate of drug-likeness (QED) is 0.551. The molecule has 0 aliphatic rings. The van der Waals surface area contributed by atoms with Gasteiger partial charge in [0, 0.05) is 6.54 Å². The van der Waals surface area contributed by atoms with Gasteiger partial charge in [-0.2, -0.15) is 22.7 Å². The highest BCUT2D eigenvalue weighted by Crippen LogP contribution is 2.31. The molecule has 0 aliphatic carbocycles. The van der Waals surface area contributed by atoms with Crippen molar-refractivity contribution < 1.29 is 22.4 Å². The Morgan fingerprint density at radius 3 is 2.36 bits per heavy atom. The first-order valence-corrected chi connectivity index (χ1v) is 3.70. The molecule has 0 fully saturated rings. The van der Waals surface area contributed by atoms with E-state index in [9.17, 15) is 22.4 Å². The molecule has 0 aromatic carbocycles. The molecule has 0 radical (unpaired) electrons. The zero-order chi connectivity index (χ0) is 10.9. The molecular formula is C7H6F4N2O. The van der Waals surface area contributed by atoms with Crippen LogP contribution in [0.1, 0.15) is 23.0 Å². The van der Waals surface area contributed by atoms with Crippen molar-refractivity contribution in [2.24, 2.45) is 0 Å². The van der Waals surface area contributed by atoms with Crippen molar-refractivity contribution in [3.05, 3.63) is 17.2 Å². The first-order chi connectivity index (χ1) is 6.41. The molecule has 0 unspecified atom stereocenters. The Kier molecular flexibility index (Phi) is 2.59. The summed E-state index contributed by atoms with van der Waals surface area (Å²) in [5.74, 6) is -1.25. The van der Waals surface area contributed by atoms with Crippen LogP contribution in [0.5, 0.6) is 0 Å². The molecule has 0 atom stereocenters. The third-order valence-corrected chi connectivity index (χ3v) is 1.61. The van der Waals surface area contributed by atoms with E-state index in [2.05, 4.69) is 5.10 Å². The number of alkyl halides is 3. The number of aryl methyl sites for hydroxylation is 1. The number of hydrogen-bond acceptors (Lipinski definition) is 2. The molecule has 1 heterocycles. The summed E-state index contributed by atoms with van der Waals surface area (Å²) < 4.78 is 50.0. The van der Waals surface area contributed by atoms with E-state index in [1.165, 1.54) is 6.92 Å². The molecule has 0 amide bonds. The average molecular weight is 210 g/mol. The summed E-state index contributed by atoms with van der Waals surface area (Å²) in [5.41, 5.74) is -2.52. The maximum Gasteiger partial charge on any atom is 0.436 e. The minimum atomic E-state index is -4.81. The van der Waals surface area contributed by atoms with Gasteiger partial charge in [-0.1, -0.05) is 0 Å². The second-order valence-corrected chi connectivity index (χ2v) is 2.48. The summed E-state index contributed by atoms with van der Waals surface area (Å²) in [5, 5.41) is 2.96. The van der Waals surface area contributed by atoms with E-state index < -0.39 is 23.4 Å². The molecule has 0 saturated heterocycles. The van der Waals surface area contributed by atoms with Gasteiger partial charge >= 0.3 is 6.18 Å². The van der Waals surface area contributed by atoms with Gasteiger partial charge in [-0.25, -0.2) is 4.68 Å². The summed E-state index contributed by atoms with van der Waals surface area (Å²) in [7, 11) is 0. The number of aldehydes is 1. The predicted octanol–water partition coefficient (Wildman–Crippen LogP) is 1.87. The van der Waals surface area contributed by atoms with Crippen LogP contribution in [-0.4, -0.2) is 16.1 Å². The largest absolute Gasteiger partial charge is 0.436 e. The first kappa shape index (κ1) is 10.7. The summed E-state index contributed by atoms with van der Waals surface area (Å²) in [6.45, 7) is 1.35. The molecular weight excluding hydrogens is 204 g/mol. The van der Waals surface area contributed by atoms with E-state index in [-0.39, 0.29) is 12.8 Å². The number of nitrogens with zero attached hydrogens (tertiary/aromatic N) is 2. The fourth-order valence-electron chi connectivity index (χ4n) is 0.979. The second-order valence-electron chi connectivity index (χ2n) is 2.48. The van der Waals surface area contributed by atoms with Crippen molar-refractivity contribution in [2.45, 2.75) is 19.6 Å². The Morgan fingerprint density at radius 1 is 1.50 bits per heavy atom. The van der Waals surface area contributed by atoms with Crippen LogP contribution in [0.2, 0.25) is 0 Å². The maximum absolute atomic E-state index is 13.0. The molecule has 0 spiro atoms.